The minimum Gasteiger partial charge on any atom is -0.309 e. The number of carbonyl (C=O) groups excluding carboxylic acids is 1. The van der Waals surface area contributed by atoms with Crippen molar-refractivity contribution in [3.05, 3.63) is 54.1 Å². The van der Waals surface area contributed by atoms with Crippen LogP contribution < -0.4 is 4.90 Å². The van der Waals surface area contributed by atoms with Gasteiger partial charge in [0.05, 0.1) is 10.2 Å². The smallest absolute Gasteiger partial charge is 0.228 e. The van der Waals surface area contributed by atoms with Crippen LogP contribution in [0.15, 0.2) is 53.4 Å². The number of anilines is 1. The van der Waals surface area contributed by atoms with E-state index in [-0.39, 0.29) is 5.91 Å². The van der Waals surface area contributed by atoms with E-state index < -0.39 is 0 Å². The van der Waals surface area contributed by atoms with Gasteiger partial charge in [-0.1, -0.05) is 42.5 Å². The average molecular weight is 442 g/mol. The fraction of sp³-hybridized carbons (Fsp3) is 0.417. The van der Waals surface area contributed by atoms with Gasteiger partial charge in [0.1, 0.15) is 0 Å². The fourth-order valence-electron chi connectivity index (χ4n) is 3.23. The molecule has 3 rings (SSSR count). The Morgan fingerprint density at radius 2 is 1.87 bits per heavy atom. The highest BCUT2D eigenvalue weighted by molar-refractivity contribution is 7.99. The molecule has 0 atom stereocenters. The fourth-order valence-corrected chi connectivity index (χ4v) is 5.18. The summed E-state index contributed by atoms with van der Waals surface area (Å²) < 4.78 is 1.16. The third-order valence-electron chi connectivity index (χ3n) is 4.92. The van der Waals surface area contributed by atoms with Crippen molar-refractivity contribution in [3.8, 4) is 0 Å². The Labute approximate surface area is 188 Å². The van der Waals surface area contributed by atoms with Crippen molar-refractivity contribution in [2.75, 3.05) is 37.8 Å². The first-order valence-corrected chi connectivity index (χ1v) is 12.4. The monoisotopic (exact) mass is 441 g/mol. The number of thiazole rings is 1. The molecule has 0 aliphatic heterocycles. The van der Waals surface area contributed by atoms with Gasteiger partial charge >= 0.3 is 0 Å². The van der Waals surface area contributed by atoms with Crippen molar-refractivity contribution < 1.29 is 4.79 Å². The quantitative estimate of drug-likeness (QED) is 0.282. The second kappa shape index (κ2) is 11.5. The van der Waals surface area contributed by atoms with Crippen molar-refractivity contribution >= 4 is 44.4 Å². The molecule has 1 amide bonds. The van der Waals surface area contributed by atoms with Gasteiger partial charge in [0.2, 0.25) is 5.91 Å². The average Bonchev–Trinajstić information content (AvgIpc) is 3.17. The van der Waals surface area contributed by atoms with Crippen LogP contribution in [0.4, 0.5) is 5.13 Å². The molecule has 0 unspecified atom stereocenters. The molecule has 1 aromatic heterocycles. The lowest BCUT2D eigenvalue weighted by Crippen LogP contribution is -2.33. The minimum absolute atomic E-state index is 0.178. The summed E-state index contributed by atoms with van der Waals surface area (Å²) in [5.74, 6) is 1.12. The first-order valence-electron chi connectivity index (χ1n) is 10.6. The molecule has 0 saturated heterocycles. The van der Waals surface area contributed by atoms with Crippen molar-refractivity contribution in [2.24, 2.45) is 0 Å². The summed E-state index contributed by atoms with van der Waals surface area (Å²) in [4.78, 5) is 23.2. The molecule has 6 heteroatoms. The van der Waals surface area contributed by atoms with Crippen LogP contribution >= 0.6 is 23.1 Å². The normalized spacial score (nSPS) is 11.3. The standard InChI is InChI=1S/C24H31N3OS2/c1-4-19-13-14-21-22(18-19)30-24(25-21)27(16-9-15-26(2)3)23(28)12-8-17-29-20-10-6-5-7-11-20/h5-7,10-11,13-14,18H,4,8-9,12,15-17H2,1-3H3. The summed E-state index contributed by atoms with van der Waals surface area (Å²) in [6, 6.07) is 16.8. The summed E-state index contributed by atoms with van der Waals surface area (Å²) in [7, 11) is 4.13. The number of aromatic nitrogens is 1. The van der Waals surface area contributed by atoms with Crippen LogP contribution in [0.25, 0.3) is 10.2 Å². The molecule has 3 aromatic rings. The van der Waals surface area contributed by atoms with E-state index in [4.69, 9.17) is 4.98 Å². The lowest BCUT2D eigenvalue weighted by atomic mass is 10.2. The first kappa shape index (κ1) is 22.8. The largest absolute Gasteiger partial charge is 0.309 e. The molecule has 160 valence electrons. The Bertz CT molecular complexity index is 940. The highest BCUT2D eigenvalue weighted by Crippen LogP contribution is 2.30. The molecule has 0 aliphatic carbocycles. The minimum atomic E-state index is 0.178. The number of fused-ring (bicyclic) bond motifs is 1. The summed E-state index contributed by atoms with van der Waals surface area (Å²) >= 11 is 3.44. The number of rotatable bonds is 11. The zero-order chi connectivity index (χ0) is 21.3. The van der Waals surface area contributed by atoms with E-state index in [0.717, 1.165) is 46.9 Å². The van der Waals surface area contributed by atoms with E-state index in [1.165, 1.54) is 10.5 Å². The molecule has 0 saturated carbocycles. The third kappa shape index (κ3) is 6.56. The number of nitrogens with zero attached hydrogens (tertiary/aromatic N) is 3. The predicted molar refractivity (Wildman–Crippen MR) is 131 cm³/mol. The molecule has 0 spiro atoms. The van der Waals surface area contributed by atoms with Gasteiger partial charge in [-0.25, -0.2) is 4.98 Å². The number of carbonyl (C=O) groups is 1. The van der Waals surface area contributed by atoms with Crippen LogP contribution in [0.3, 0.4) is 0 Å². The Morgan fingerprint density at radius 1 is 1.07 bits per heavy atom. The van der Waals surface area contributed by atoms with E-state index in [1.807, 2.05) is 22.7 Å². The van der Waals surface area contributed by atoms with Crippen LogP contribution in [0.2, 0.25) is 0 Å². The number of hydrogen-bond donors (Lipinski definition) is 0. The lowest BCUT2D eigenvalue weighted by molar-refractivity contribution is -0.118. The van der Waals surface area contributed by atoms with Crippen LogP contribution in [0, 0.1) is 0 Å². The van der Waals surface area contributed by atoms with Gasteiger partial charge in [-0.15, -0.1) is 11.8 Å². The summed E-state index contributed by atoms with van der Waals surface area (Å²) in [6.07, 6.45) is 3.37. The van der Waals surface area contributed by atoms with E-state index in [0.29, 0.717) is 13.0 Å². The summed E-state index contributed by atoms with van der Waals surface area (Å²) in [5.41, 5.74) is 2.29. The molecular formula is C24H31N3OS2. The highest BCUT2D eigenvalue weighted by Gasteiger charge is 2.19. The van der Waals surface area contributed by atoms with Gasteiger partial charge in [0, 0.05) is 17.9 Å². The van der Waals surface area contributed by atoms with E-state index in [1.54, 1.807) is 11.3 Å². The topological polar surface area (TPSA) is 36.4 Å². The molecule has 0 fully saturated rings. The Morgan fingerprint density at radius 3 is 2.60 bits per heavy atom. The summed E-state index contributed by atoms with van der Waals surface area (Å²) in [6.45, 7) is 3.83. The van der Waals surface area contributed by atoms with E-state index in [2.05, 4.69) is 68.4 Å². The van der Waals surface area contributed by atoms with Crippen LogP contribution in [0.5, 0.6) is 0 Å². The van der Waals surface area contributed by atoms with E-state index >= 15 is 0 Å². The number of hydrogen-bond acceptors (Lipinski definition) is 5. The van der Waals surface area contributed by atoms with Gasteiger partial charge in [-0.05, 0) is 75.5 Å². The maximum absolute atomic E-state index is 13.1. The van der Waals surface area contributed by atoms with Gasteiger partial charge in [0.15, 0.2) is 5.13 Å². The molecule has 0 N–H and O–H groups in total. The van der Waals surface area contributed by atoms with Gasteiger partial charge < -0.3 is 4.90 Å². The molecule has 0 aliphatic rings. The molecule has 0 bridgehead atoms. The molecule has 4 nitrogen and oxygen atoms in total. The first-order chi connectivity index (χ1) is 14.6. The number of thioether (sulfide) groups is 1. The second-order valence-corrected chi connectivity index (χ2v) is 9.80. The number of benzene rings is 2. The van der Waals surface area contributed by atoms with Crippen LogP contribution in [-0.2, 0) is 11.2 Å². The Kier molecular flexibility index (Phi) is 8.73. The lowest BCUT2D eigenvalue weighted by Gasteiger charge is -2.21. The maximum atomic E-state index is 13.1. The van der Waals surface area contributed by atoms with Gasteiger partial charge in [0.25, 0.3) is 0 Å². The number of aryl methyl sites for hydroxylation is 1. The third-order valence-corrected chi connectivity index (χ3v) is 7.06. The Balaban J connectivity index is 1.65. The van der Waals surface area contributed by atoms with Crippen LogP contribution in [0.1, 0.15) is 31.7 Å². The molecule has 1 heterocycles. The van der Waals surface area contributed by atoms with Crippen LogP contribution in [-0.4, -0.2) is 48.7 Å². The summed E-state index contributed by atoms with van der Waals surface area (Å²) in [5, 5.41) is 0.831. The maximum Gasteiger partial charge on any atom is 0.228 e. The van der Waals surface area contributed by atoms with E-state index in [9.17, 15) is 4.79 Å². The molecule has 30 heavy (non-hydrogen) atoms. The van der Waals surface area contributed by atoms with Crippen molar-refractivity contribution in [1.82, 2.24) is 9.88 Å². The van der Waals surface area contributed by atoms with Crippen molar-refractivity contribution in [3.63, 3.8) is 0 Å². The molecular weight excluding hydrogens is 410 g/mol. The van der Waals surface area contributed by atoms with Crippen molar-refractivity contribution in [1.29, 1.82) is 0 Å². The Hall–Kier alpha value is -1.89. The van der Waals surface area contributed by atoms with Gasteiger partial charge in [-0.3, -0.25) is 9.69 Å². The SMILES string of the molecule is CCc1ccc2nc(N(CCCN(C)C)C(=O)CCCSc3ccccc3)sc2c1. The molecule has 2 aromatic carbocycles. The molecule has 0 radical (unpaired) electrons. The number of amides is 1. The zero-order valence-electron chi connectivity index (χ0n) is 18.1. The predicted octanol–water partition coefficient (Wildman–Crippen LogP) is 5.72. The zero-order valence-corrected chi connectivity index (χ0v) is 19.8. The second-order valence-electron chi connectivity index (χ2n) is 7.62. The van der Waals surface area contributed by atoms with Crippen molar-refractivity contribution in [2.45, 2.75) is 37.5 Å². The van der Waals surface area contributed by atoms with Gasteiger partial charge in [-0.2, -0.15) is 0 Å². The highest BCUT2D eigenvalue weighted by atomic mass is 32.2.